The summed E-state index contributed by atoms with van der Waals surface area (Å²) in [6.45, 7) is 5.65. The maximum Gasteiger partial charge on any atom is 0.248 e. The Bertz CT molecular complexity index is 742. The second-order valence-electron chi connectivity index (χ2n) is 5.60. The van der Waals surface area contributed by atoms with Crippen LogP contribution < -0.4 is 11.1 Å². The van der Waals surface area contributed by atoms with Crippen molar-refractivity contribution in [2.45, 2.75) is 38.1 Å². The van der Waals surface area contributed by atoms with Crippen molar-refractivity contribution in [1.82, 2.24) is 9.78 Å². The molecular weight excluding hydrogens is 324 g/mol. The molecule has 0 spiro atoms. The molecule has 1 aromatic heterocycles. The van der Waals surface area contributed by atoms with E-state index in [1.165, 1.54) is 11.8 Å². The van der Waals surface area contributed by atoms with Gasteiger partial charge in [0.2, 0.25) is 11.8 Å². The number of hydrogen-bond acceptors (Lipinski definition) is 4. The fraction of sp³-hybridized carbons (Fsp3) is 0.353. The van der Waals surface area contributed by atoms with Gasteiger partial charge >= 0.3 is 0 Å². The maximum absolute atomic E-state index is 12.6. The number of amides is 2. The first-order valence-electron chi connectivity index (χ1n) is 7.72. The van der Waals surface area contributed by atoms with Crippen LogP contribution in [0.3, 0.4) is 0 Å². The van der Waals surface area contributed by atoms with Gasteiger partial charge in [0.25, 0.3) is 0 Å². The minimum Gasteiger partial charge on any atom is -0.370 e. The Balaban J connectivity index is 2.08. The van der Waals surface area contributed by atoms with Gasteiger partial charge in [-0.15, -0.1) is 11.8 Å². The molecule has 0 radical (unpaired) electrons. The zero-order valence-electron chi connectivity index (χ0n) is 14.1. The summed E-state index contributed by atoms with van der Waals surface area (Å²) in [6.07, 6.45) is 0.301. The van der Waals surface area contributed by atoms with Crippen molar-refractivity contribution >= 4 is 29.3 Å². The molecule has 1 atom stereocenters. The maximum atomic E-state index is 12.6. The smallest absolute Gasteiger partial charge is 0.248 e. The van der Waals surface area contributed by atoms with Crippen LogP contribution in [0.1, 0.15) is 30.8 Å². The quantitative estimate of drug-likeness (QED) is 0.754. The van der Waals surface area contributed by atoms with E-state index in [1.54, 1.807) is 4.68 Å². The molecular formula is C17H22N4O2S. The molecule has 0 bridgehead atoms. The van der Waals surface area contributed by atoms with Crippen LogP contribution in [-0.2, 0) is 9.59 Å². The van der Waals surface area contributed by atoms with E-state index in [1.807, 2.05) is 51.1 Å². The monoisotopic (exact) mass is 346 g/mol. The molecule has 0 aliphatic rings. The predicted molar refractivity (Wildman–Crippen MR) is 96.0 cm³/mol. The summed E-state index contributed by atoms with van der Waals surface area (Å²) >= 11 is 1.49. The summed E-state index contributed by atoms with van der Waals surface area (Å²) in [4.78, 5) is 24.3. The summed E-state index contributed by atoms with van der Waals surface area (Å²) in [7, 11) is 0. The van der Waals surface area contributed by atoms with Gasteiger partial charge in [-0.3, -0.25) is 14.3 Å². The van der Waals surface area contributed by atoms with Crippen molar-refractivity contribution in [3.05, 3.63) is 41.7 Å². The van der Waals surface area contributed by atoms with Crippen molar-refractivity contribution in [2.24, 2.45) is 5.73 Å². The summed E-state index contributed by atoms with van der Waals surface area (Å²) < 4.78 is 1.72. The Morgan fingerprint density at radius 3 is 2.67 bits per heavy atom. The summed E-state index contributed by atoms with van der Waals surface area (Å²) in [5.74, 6) is 0.112. The molecule has 1 unspecified atom stereocenters. The van der Waals surface area contributed by atoms with E-state index in [9.17, 15) is 9.59 Å². The molecule has 3 N–H and O–H groups in total. The SMILES string of the molecule is Cc1cc(C)n(C(C)C(=O)Nc2ccccc2SCCC(N)=O)n1. The lowest BCUT2D eigenvalue weighted by Crippen LogP contribution is -2.25. The van der Waals surface area contributed by atoms with Crippen LogP contribution in [0.2, 0.25) is 0 Å². The third-order valence-corrected chi connectivity index (χ3v) is 4.62. The van der Waals surface area contributed by atoms with Crippen LogP contribution in [0.15, 0.2) is 35.2 Å². The fourth-order valence-electron chi connectivity index (χ4n) is 2.34. The van der Waals surface area contributed by atoms with E-state index in [2.05, 4.69) is 10.4 Å². The first-order chi connectivity index (χ1) is 11.4. The fourth-order valence-corrected chi connectivity index (χ4v) is 3.32. The Kier molecular flexibility index (Phi) is 6.03. The summed E-state index contributed by atoms with van der Waals surface area (Å²) in [6, 6.07) is 9.04. The van der Waals surface area contributed by atoms with Crippen LogP contribution in [0.5, 0.6) is 0 Å². The molecule has 7 heteroatoms. The number of benzene rings is 1. The zero-order valence-corrected chi connectivity index (χ0v) is 14.9. The molecule has 0 aliphatic carbocycles. The summed E-state index contributed by atoms with van der Waals surface area (Å²) in [5, 5.41) is 7.31. The van der Waals surface area contributed by atoms with Gasteiger partial charge in [0.05, 0.1) is 11.4 Å². The number of primary amides is 1. The number of aromatic nitrogens is 2. The Labute approximate surface area is 145 Å². The minimum absolute atomic E-state index is 0.135. The first kappa shape index (κ1) is 18.1. The number of carbonyl (C=O) groups is 2. The second kappa shape index (κ2) is 8.01. The third kappa shape index (κ3) is 4.61. The highest BCUT2D eigenvalue weighted by Crippen LogP contribution is 2.28. The molecule has 2 rings (SSSR count). The van der Waals surface area contributed by atoms with Crippen molar-refractivity contribution < 1.29 is 9.59 Å². The Morgan fingerprint density at radius 2 is 2.04 bits per heavy atom. The van der Waals surface area contributed by atoms with Gasteiger partial charge < -0.3 is 11.1 Å². The highest BCUT2D eigenvalue weighted by atomic mass is 32.2. The molecule has 0 saturated heterocycles. The van der Waals surface area contributed by atoms with Crippen LogP contribution in [0.25, 0.3) is 0 Å². The van der Waals surface area contributed by atoms with E-state index in [-0.39, 0.29) is 11.8 Å². The van der Waals surface area contributed by atoms with Crippen molar-refractivity contribution in [2.75, 3.05) is 11.1 Å². The van der Waals surface area contributed by atoms with Crippen LogP contribution in [0, 0.1) is 13.8 Å². The molecule has 0 aliphatic heterocycles. The van der Waals surface area contributed by atoms with Crippen LogP contribution in [0.4, 0.5) is 5.69 Å². The van der Waals surface area contributed by atoms with Crippen LogP contribution >= 0.6 is 11.8 Å². The lowest BCUT2D eigenvalue weighted by Gasteiger charge is -2.16. The Hall–Kier alpha value is -2.28. The normalized spacial score (nSPS) is 12.0. The lowest BCUT2D eigenvalue weighted by atomic mass is 10.2. The Morgan fingerprint density at radius 1 is 1.33 bits per heavy atom. The zero-order chi connectivity index (χ0) is 17.7. The molecule has 1 aromatic carbocycles. The molecule has 6 nitrogen and oxygen atoms in total. The molecule has 1 heterocycles. The molecule has 0 saturated carbocycles. The number of para-hydroxylation sites is 1. The second-order valence-corrected chi connectivity index (χ2v) is 6.73. The van der Waals surface area contributed by atoms with Gasteiger partial charge in [-0.2, -0.15) is 5.10 Å². The minimum atomic E-state index is -0.414. The van der Waals surface area contributed by atoms with Crippen LogP contribution in [-0.4, -0.2) is 27.3 Å². The van der Waals surface area contributed by atoms with E-state index in [4.69, 9.17) is 5.73 Å². The number of carbonyl (C=O) groups excluding carboxylic acids is 2. The molecule has 128 valence electrons. The van der Waals surface area contributed by atoms with Gasteiger partial charge in [-0.1, -0.05) is 12.1 Å². The number of hydrogen-bond donors (Lipinski definition) is 2. The van der Waals surface area contributed by atoms with Crippen molar-refractivity contribution in [3.8, 4) is 0 Å². The van der Waals surface area contributed by atoms with Crippen molar-refractivity contribution in [3.63, 3.8) is 0 Å². The van der Waals surface area contributed by atoms with E-state index >= 15 is 0 Å². The number of nitrogens with two attached hydrogens (primary N) is 1. The predicted octanol–water partition coefficient (Wildman–Crippen LogP) is 2.67. The number of rotatable bonds is 7. The van der Waals surface area contributed by atoms with Crippen molar-refractivity contribution in [1.29, 1.82) is 0 Å². The van der Waals surface area contributed by atoms with Gasteiger partial charge in [0, 0.05) is 22.8 Å². The number of nitrogens with one attached hydrogen (secondary N) is 1. The molecule has 24 heavy (non-hydrogen) atoms. The number of aryl methyl sites for hydroxylation is 2. The number of nitrogens with zero attached hydrogens (tertiary/aromatic N) is 2. The summed E-state index contributed by atoms with van der Waals surface area (Å²) in [5.41, 5.74) is 7.72. The number of thioether (sulfide) groups is 1. The molecule has 0 fully saturated rings. The highest BCUT2D eigenvalue weighted by Gasteiger charge is 2.19. The highest BCUT2D eigenvalue weighted by molar-refractivity contribution is 7.99. The van der Waals surface area contributed by atoms with Gasteiger partial charge in [0.15, 0.2) is 0 Å². The topological polar surface area (TPSA) is 90.0 Å². The van der Waals surface area contributed by atoms with Gasteiger partial charge in [-0.05, 0) is 39.0 Å². The standard InChI is InChI=1S/C17H22N4O2S/c1-11-10-12(2)21(20-11)13(3)17(23)19-14-6-4-5-7-15(14)24-9-8-16(18)22/h4-7,10,13H,8-9H2,1-3H3,(H2,18,22)(H,19,23). The largest absolute Gasteiger partial charge is 0.370 e. The lowest BCUT2D eigenvalue weighted by molar-refractivity contribution is -0.119. The van der Waals surface area contributed by atoms with E-state index in [0.717, 1.165) is 22.0 Å². The van der Waals surface area contributed by atoms with E-state index < -0.39 is 6.04 Å². The average molecular weight is 346 g/mol. The molecule has 2 aromatic rings. The van der Waals surface area contributed by atoms with Gasteiger partial charge in [-0.25, -0.2) is 0 Å². The molecule has 2 amide bonds. The third-order valence-electron chi connectivity index (χ3n) is 3.54. The number of anilines is 1. The van der Waals surface area contributed by atoms with E-state index in [0.29, 0.717) is 12.2 Å². The average Bonchev–Trinajstić information content (AvgIpc) is 2.86. The first-order valence-corrected chi connectivity index (χ1v) is 8.71. The van der Waals surface area contributed by atoms with Gasteiger partial charge in [0.1, 0.15) is 6.04 Å².